The molecule has 0 radical (unpaired) electrons. The molecule has 0 saturated heterocycles. The van der Waals surface area contributed by atoms with Crippen molar-refractivity contribution >= 4 is 23.4 Å². The van der Waals surface area contributed by atoms with Crippen LogP contribution in [0.25, 0.3) is 5.69 Å². The molecule has 0 saturated carbocycles. The van der Waals surface area contributed by atoms with Crippen LogP contribution < -0.4 is 16.4 Å². The highest BCUT2D eigenvalue weighted by Crippen LogP contribution is 2.15. The molecule has 1 aromatic carbocycles. The number of thioether (sulfide) groups is 1. The average Bonchev–Trinajstić information content (AvgIpc) is 2.84. The highest BCUT2D eigenvalue weighted by Gasteiger charge is 2.18. The van der Waals surface area contributed by atoms with Crippen LogP contribution in [0.2, 0.25) is 0 Å². The molecule has 2 heterocycles. The number of aromatic nitrogens is 5. The molecule has 3 aromatic rings. The lowest BCUT2D eigenvalue weighted by Gasteiger charge is -2.07. The van der Waals surface area contributed by atoms with E-state index in [-0.39, 0.29) is 28.1 Å². The second-order valence-electron chi connectivity index (χ2n) is 5.41. The summed E-state index contributed by atoms with van der Waals surface area (Å²) >= 11 is 1.02. The van der Waals surface area contributed by atoms with Gasteiger partial charge in [-0.05, 0) is 19.1 Å². The summed E-state index contributed by atoms with van der Waals surface area (Å²) in [6.07, 6.45) is 1.05. The third-order valence-electron chi connectivity index (χ3n) is 3.71. The smallest absolute Gasteiger partial charge is 0.295 e. The summed E-state index contributed by atoms with van der Waals surface area (Å²) in [5, 5.41) is 10.1. The molecule has 0 aliphatic heterocycles. The second-order valence-corrected chi connectivity index (χ2v) is 6.38. The Morgan fingerprint density at radius 2 is 2.00 bits per heavy atom. The number of aromatic amines is 1. The third-order valence-corrected chi connectivity index (χ3v) is 4.58. The maximum atomic E-state index is 12.7. The van der Waals surface area contributed by atoms with E-state index in [0.717, 1.165) is 18.0 Å². The Morgan fingerprint density at radius 1 is 1.27 bits per heavy atom. The highest BCUT2D eigenvalue weighted by atomic mass is 32.2. The van der Waals surface area contributed by atoms with E-state index in [9.17, 15) is 14.4 Å². The fraction of sp³-hybridized carbons (Fsp3) is 0.188. The maximum absolute atomic E-state index is 12.7. The number of nitrogens with zero attached hydrogens (tertiary/aromatic N) is 4. The predicted octanol–water partition coefficient (Wildman–Crippen LogP) is 0.694. The van der Waals surface area contributed by atoms with Crippen LogP contribution in [-0.4, -0.2) is 36.2 Å². The van der Waals surface area contributed by atoms with Crippen molar-refractivity contribution in [2.45, 2.75) is 12.1 Å². The summed E-state index contributed by atoms with van der Waals surface area (Å²) in [5.74, 6) is -0.402. The zero-order valence-corrected chi connectivity index (χ0v) is 14.9. The Morgan fingerprint density at radius 3 is 2.69 bits per heavy atom. The fourth-order valence-corrected chi connectivity index (χ4v) is 3.00. The van der Waals surface area contributed by atoms with Crippen LogP contribution >= 0.6 is 11.8 Å². The number of para-hydroxylation sites is 1. The molecule has 26 heavy (non-hydrogen) atoms. The molecule has 1 amide bonds. The molecule has 0 fully saturated rings. The number of hydrogen-bond donors (Lipinski definition) is 2. The van der Waals surface area contributed by atoms with Crippen molar-refractivity contribution < 1.29 is 4.79 Å². The molecule has 0 atom stereocenters. The van der Waals surface area contributed by atoms with Gasteiger partial charge in [0.25, 0.3) is 11.1 Å². The predicted molar refractivity (Wildman–Crippen MR) is 97.8 cm³/mol. The number of H-pyrrole nitrogens is 1. The molecular formula is C16H16N6O3S. The van der Waals surface area contributed by atoms with Gasteiger partial charge >= 0.3 is 0 Å². The minimum atomic E-state index is -0.396. The minimum Gasteiger partial charge on any atom is -0.319 e. The Labute approximate surface area is 152 Å². The first kappa shape index (κ1) is 17.7. The number of amides is 1. The van der Waals surface area contributed by atoms with E-state index in [0.29, 0.717) is 11.4 Å². The normalized spacial score (nSPS) is 10.7. The molecule has 0 bridgehead atoms. The van der Waals surface area contributed by atoms with Gasteiger partial charge in [0.15, 0.2) is 5.16 Å². The molecular weight excluding hydrogens is 356 g/mol. The molecule has 2 aromatic heterocycles. The molecule has 2 N–H and O–H groups in total. The summed E-state index contributed by atoms with van der Waals surface area (Å²) in [6.45, 7) is 1.75. The number of carbonyl (C=O) groups is 1. The van der Waals surface area contributed by atoms with Crippen LogP contribution in [-0.2, 0) is 11.8 Å². The van der Waals surface area contributed by atoms with Crippen LogP contribution in [0.4, 0.5) is 5.69 Å². The summed E-state index contributed by atoms with van der Waals surface area (Å²) in [7, 11) is 1.75. The van der Waals surface area contributed by atoms with E-state index < -0.39 is 5.56 Å². The SMILES string of the molecule is Cc1c(NC(=O)CSc2nncc(=O)[nH]2)c(=O)n(-c2ccccc2)n1C. The molecule has 3 rings (SSSR count). The van der Waals surface area contributed by atoms with Crippen molar-refractivity contribution in [2.24, 2.45) is 7.05 Å². The quantitative estimate of drug-likeness (QED) is 0.637. The third kappa shape index (κ3) is 3.59. The van der Waals surface area contributed by atoms with Gasteiger partial charge in [-0.15, -0.1) is 5.10 Å². The summed E-state index contributed by atoms with van der Waals surface area (Å²) in [4.78, 5) is 38.6. The summed E-state index contributed by atoms with van der Waals surface area (Å²) in [6, 6.07) is 9.15. The van der Waals surface area contributed by atoms with Crippen molar-refractivity contribution in [3.05, 3.63) is 62.9 Å². The first-order valence-electron chi connectivity index (χ1n) is 7.66. The standard InChI is InChI=1S/C16H16N6O3S/c1-10-14(15(25)22(21(10)2)11-6-4-3-5-7-11)18-13(24)9-26-16-19-12(23)8-17-20-16/h3-8H,9H2,1-2H3,(H,18,24)(H,19,20,23). The molecule has 134 valence electrons. The molecule has 9 nitrogen and oxygen atoms in total. The highest BCUT2D eigenvalue weighted by molar-refractivity contribution is 7.99. The Bertz CT molecular complexity index is 1050. The lowest BCUT2D eigenvalue weighted by Crippen LogP contribution is -2.23. The lowest BCUT2D eigenvalue weighted by atomic mass is 10.3. The minimum absolute atomic E-state index is 0.0201. The van der Waals surface area contributed by atoms with E-state index >= 15 is 0 Å². The van der Waals surface area contributed by atoms with Gasteiger partial charge in [-0.3, -0.25) is 24.0 Å². The van der Waals surface area contributed by atoms with Crippen molar-refractivity contribution in [1.82, 2.24) is 24.5 Å². The number of carbonyl (C=O) groups excluding carboxylic acids is 1. The van der Waals surface area contributed by atoms with Crippen LogP contribution in [0.3, 0.4) is 0 Å². The van der Waals surface area contributed by atoms with Crippen LogP contribution in [0.15, 0.2) is 51.3 Å². The number of benzene rings is 1. The largest absolute Gasteiger partial charge is 0.319 e. The first-order chi connectivity index (χ1) is 12.5. The second kappa shape index (κ2) is 7.40. The zero-order valence-electron chi connectivity index (χ0n) is 14.1. The van der Waals surface area contributed by atoms with Crippen LogP contribution in [0, 0.1) is 6.92 Å². The monoisotopic (exact) mass is 372 g/mol. The molecule has 0 unspecified atom stereocenters. The van der Waals surface area contributed by atoms with E-state index in [1.165, 1.54) is 4.68 Å². The molecule has 0 aliphatic rings. The Hall–Kier alpha value is -3.14. The van der Waals surface area contributed by atoms with Gasteiger partial charge in [0.2, 0.25) is 5.91 Å². The maximum Gasteiger partial charge on any atom is 0.295 e. The molecule has 0 spiro atoms. The van der Waals surface area contributed by atoms with Gasteiger partial charge in [0.05, 0.1) is 17.1 Å². The zero-order chi connectivity index (χ0) is 18.7. The van der Waals surface area contributed by atoms with Gasteiger partial charge in [-0.1, -0.05) is 30.0 Å². The summed E-state index contributed by atoms with van der Waals surface area (Å²) in [5.41, 5.74) is 0.838. The van der Waals surface area contributed by atoms with Gasteiger partial charge in [-0.25, -0.2) is 4.68 Å². The van der Waals surface area contributed by atoms with E-state index in [2.05, 4.69) is 20.5 Å². The number of hydrogen-bond acceptors (Lipinski definition) is 6. The van der Waals surface area contributed by atoms with Crippen molar-refractivity contribution in [3.63, 3.8) is 0 Å². The van der Waals surface area contributed by atoms with Gasteiger partial charge < -0.3 is 5.32 Å². The van der Waals surface area contributed by atoms with Crippen LogP contribution in [0.5, 0.6) is 0 Å². The lowest BCUT2D eigenvalue weighted by molar-refractivity contribution is -0.113. The topological polar surface area (TPSA) is 115 Å². The van der Waals surface area contributed by atoms with E-state index in [1.807, 2.05) is 30.3 Å². The number of anilines is 1. The fourth-order valence-electron chi connectivity index (χ4n) is 2.38. The molecule has 10 heteroatoms. The van der Waals surface area contributed by atoms with Crippen LogP contribution in [0.1, 0.15) is 5.69 Å². The Balaban J connectivity index is 1.79. The van der Waals surface area contributed by atoms with Crippen molar-refractivity contribution in [3.8, 4) is 5.69 Å². The number of nitrogens with one attached hydrogen (secondary N) is 2. The number of rotatable bonds is 5. The first-order valence-corrected chi connectivity index (χ1v) is 8.64. The van der Waals surface area contributed by atoms with Crippen molar-refractivity contribution in [1.29, 1.82) is 0 Å². The molecule has 0 aliphatic carbocycles. The average molecular weight is 372 g/mol. The van der Waals surface area contributed by atoms with Gasteiger partial charge in [-0.2, -0.15) is 5.10 Å². The van der Waals surface area contributed by atoms with E-state index in [4.69, 9.17) is 0 Å². The van der Waals surface area contributed by atoms with Gasteiger partial charge in [0.1, 0.15) is 11.9 Å². The van der Waals surface area contributed by atoms with E-state index in [1.54, 1.807) is 18.7 Å². The van der Waals surface area contributed by atoms with Crippen molar-refractivity contribution in [2.75, 3.05) is 11.1 Å². The Kier molecular flexibility index (Phi) is 5.03. The summed E-state index contributed by atoms with van der Waals surface area (Å²) < 4.78 is 3.17. The van der Waals surface area contributed by atoms with Gasteiger partial charge in [0, 0.05) is 7.05 Å².